The third-order valence-corrected chi connectivity index (χ3v) is 5.03. The fourth-order valence-corrected chi connectivity index (χ4v) is 3.66. The average Bonchev–Trinajstić information content (AvgIpc) is 3.17. The number of amidine groups is 1. The number of aromatic nitrogens is 2. The second-order valence-electron chi connectivity index (χ2n) is 6.26. The molecular formula is C17H17BrN4O3. The Morgan fingerprint density at radius 1 is 1.48 bits per heavy atom. The highest BCUT2D eigenvalue weighted by molar-refractivity contribution is 9.10. The van der Waals surface area contributed by atoms with E-state index in [2.05, 4.69) is 25.9 Å². The Morgan fingerprint density at radius 2 is 2.32 bits per heavy atom. The SMILES string of the molecule is N=C1C(c2nc3ccc(Br)cc3c(=O)[nH]2)=C(O)CN1CC1CCCO1. The minimum Gasteiger partial charge on any atom is -0.510 e. The molecule has 0 spiro atoms. The molecule has 0 amide bonds. The number of ether oxygens (including phenoxy) is 1. The van der Waals surface area contributed by atoms with Gasteiger partial charge < -0.3 is 19.7 Å². The van der Waals surface area contributed by atoms with Gasteiger partial charge >= 0.3 is 0 Å². The van der Waals surface area contributed by atoms with Gasteiger partial charge in [0.2, 0.25) is 0 Å². The molecule has 0 saturated carbocycles. The second-order valence-corrected chi connectivity index (χ2v) is 7.18. The number of nitrogens with zero attached hydrogens (tertiary/aromatic N) is 2. The molecule has 0 aliphatic carbocycles. The van der Waals surface area contributed by atoms with E-state index in [-0.39, 0.29) is 41.2 Å². The number of aliphatic hydroxyl groups is 1. The third-order valence-electron chi connectivity index (χ3n) is 4.53. The Balaban J connectivity index is 1.68. The Morgan fingerprint density at radius 3 is 3.08 bits per heavy atom. The van der Waals surface area contributed by atoms with Crippen molar-refractivity contribution in [2.24, 2.45) is 0 Å². The number of H-pyrrole nitrogens is 1. The lowest BCUT2D eigenvalue weighted by Gasteiger charge is -2.22. The fraction of sp³-hybridized carbons (Fsp3) is 0.353. The quantitative estimate of drug-likeness (QED) is 0.728. The summed E-state index contributed by atoms with van der Waals surface area (Å²) in [4.78, 5) is 21.2. The molecule has 1 aromatic carbocycles. The molecule has 8 heteroatoms. The molecule has 1 unspecified atom stereocenters. The molecule has 2 aliphatic heterocycles. The predicted octanol–water partition coefficient (Wildman–Crippen LogP) is 2.43. The van der Waals surface area contributed by atoms with Crippen LogP contribution in [0.4, 0.5) is 0 Å². The van der Waals surface area contributed by atoms with Gasteiger partial charge in [0, 0.05) is 17.6 Å². The Bertz CT molecular complexity index is 947. The molecule has 2 aliphatic rings. The Labute approximate surface area is 152 Å². The maximum Gasteiger partial charge on any atom is 0.259 e. The van der Waals surface area contributed by atoms with Crippen molar-refractivity contribution < 1.29 is 9.84 Å². The normalized spacial score (nSPS) is 20.9. The lowest BCUT2D eigenvalue weighted by atomic mass is 10.2. The number of hydrogen-bond acceptors (Lipinski definition) is 5. The zero-order chi connectivity index (χ0) is 17.6. The third kappa shape index (κ3) is 2.96. The van der Waals surface area contributed by atoms with Gasteiger partial charge in [-0.05, 0) is 31.0 Å². The van der Waals surface area contributed by atoms with Crippen molar-refractivity contribution in [1.29, 1.82) is 5.41 Å². The second kappa shape index (κ2) is 6.27. The topological polar surface area (TPSA) is 102 Å². The first-order valence-electron chi connectivity index (χ1n) is 8.10. The van der Waals surface area contributed by atoms with Crippen LogP contribution in [-0.2, 0) is 4.74 Å². The fourth-order valence-electron chi connectivity index (χ4n) is 3.30. The van der Waals surface area contributed by atoms with Crippen LogP contribution in [0.1, 0.15) is 18.7 Å². The minimum absolute atomic E-state index is 0.0441. The zero-order valence-electron chi connectivity index (χ0n) is 13.4. The van der Waals surface area contributed by atoms with Crippen molar-refractivity contribution >= 4 is 38.2 Å². The first-order valence-corrected chi connectivity index (χ1v) is 8.90. The van der Waals surface area contributed by atoms with E-state index in [0.717, 1.165) is 23.9 Å². The molecule has 3 heterocycles. The van der Waals surface area contributed by atoms with Crippen LogP contribution in [0.3, 0.4) is 0 Å². The number of aromatic amines is 1. The number of hydrogen-bond donors (Lipinski definition) is 3. The van der Waals surface area contributed by atoms with Gasteiger partial charge in [0.15, 0.2) is 0 Å². The van der Waals surface area contributed by atoms with Crippen molar-refractivity contribution in [3.8, 4) is 0 Å². The lowest BCUT2D eigenvalue weighted by molar-refractivity contribution is 0.0924. The van der Waals surface area contributed by atoms with E-state index in [1.165, 1.54) is 0 Å². The van der Waals surface area contributed by atoms with Crippen LogP contribution in [0.25, 0.3) is 16.5 Å². The van der Waals surface area contributed by atoms with Gasteiger partial charge in [0.25, 0.3) is 5.56 Å². The molecular weight excluding hydrogens is 388 g/mol. The number of fused-ring (bicyclic) bond motifs is 1. The molecule has 3 N–H and O–H groups in total. The highest BCUT2D eigenvalue weighted by Gasteiger charge is 2.32. The van der Waals surface area contributed by atoms with Crippen molar-refractivity contribution in [2.75, 3.05) is 19.7 Å². The first-order chi connectivity index (χ1) is 12.0. The summed E-state index contributed by atoms with van der Waals surface area (Å²) in [5.41, 5.74) is 0.500. The molecule has 1 fully saturated rings. The van der Waals surface area contributed by atoms with Gasteiger partial charge in [-0.1, -0.05) is 15.9 Å². The molecule has 2 aromatic rings. The van der Waals surface area contributed by atoms with Gasteiger partial charge in [-0.15, -0.1) is 0 Å². The molecule has 1 aromatic heterocycles. The Kier molecular flexibility index (Phi) is 4.09. The first kappa shape index (κ1) is 16.3. The summed E-state index contributed by atoms with van der Waals surface area (Å²) < 4.78 is 6.40. The minimum atomic E-state index is -0.299. The summed E-state index contributed by atoms with van der Waals surface area (Å²) in [6, 6.07) is 5.23. The zero-order valence-corrected chi connectivity index (χ0v) is 15.0. The van der Waals surface area contributed by atoms with E-state index >= 15 is 0 Å². The maximum absolute atomic E-state index is 12.4. The van der Waals surface area contributed by atoms with E-state index in [1.807, 2.05) is 0 Å². The van der Waals surface area contributed by atoms with Gasteiger partial charge in [0.1, 0.15) is 17.4 Å². The Hall–Kier alpha value is -2.19. The van der Waals surface area contributed by atoms with E-state index in [0.29, 0.717) is 17.4 Å². The average molecular weight is 405 g/mol. The summed E-state index contributed by atoms with van der Waals surface area (Å²) in [5, 5.41) is 19.2. The van der Waals surface area contributed by atoms with E-state index in [1.54, 1.807) is 23.1 Å². The van der Waals surface area contributed by atoms with Gasteiger partial charge in [0.05, 0.1) is 29.1 Å². The van der Waals surface area contributed by atoms with Gasteiger partial charge in [-0.3, -0.25) is 10.2 Å². The van der Waals surface area contributed by atoms with Crippen LogP contribution < -0.4 is 5.56 Å². The largest absolute Gasteiger partial charge is 0.510 e. The number of aliphatic hydroxyl groups excluding tert-OH is 1. The molecule has 0 radical (unpaired) electrons. The van der Waals surface area contributed by atoms with Crippen molar-refractivity contribution in [1.82, 2.24) is 14.9 Å². The highest BCUT2D eigenvalue weighted by atomic mass is 79.9. The van der Waals surface area contributed by atoms with Crippen molar-refractivity contribution in [2.45, 2.75) is 18.9 Å². The molecule has 4 rings (SSSR count). The molecule has 25 heavy (non-hydrogen) atoms. The standard InChI is InChI=1S/C17H17BrN4O3/c18-9-3-4-12-11(6-9)17(24)21-16(20-12)14-13(23)8-22(15(14)19)7-10-2-1-5-25-10/h3-4,6,10,19,23H,1-2,5,7-8H2,(H,20,21,24). The lowest BCUT2D eigenvalue weighted by Crippen LogP contribution is -2.34. The van der Waals surface area contributed by atoms with Crippen molar-refractivity contribution in [3.63, 3.8) is 0 Å². The van der Waals surface area contributed by atoms with Crippen LogP contribution in [0, 0.1) is 5.41 Å². The van der Waals surface area contributed by atoms with Crippen LogP contribution in [0.15, 0.2) is 33.2 Å². The van der Waals surface area contributed by atoms with Gasteiger partial charge in [-0.2, -0.15) is 0 Å². The summed E-state index contributed by atoms with van der Waals surface area (Å²) in [5.74, 6) is 0.424. The monoisotopic (exact) mass is 404 g/mol. The number of rotatable bonds is 3. The molecule has 130 valence electrons. The summed E-state index contributed by atoms with van der Waals surface area (Å²) in [6.45, 7) is 1.53. The number of nitrogens with one attached hydrogen (secondary N) is 2. The van der Waals surface area contributed by atoms with E-state index < -0.39 is 0 Å². The van der Waals surface area contributed by atoms with Crippen LogP contribution in [0.5, 0.6) is 0 Å². The number of benzene rings is 1. The van der Waals surface area contributed by atoms with E-state index in [9.17, 15) is 9.90 Å². The van der Waals surface area contributed by atoms with Crippen LogP contribution in [0.2, 0.25) is 0 Å². The van der Waals surface area contributed by atoms with Crippen LogP contribution >= 0.6 is 15.9 Å². The highest BCUT2D eigenvalue weighted by Crippen LogP contribution is 2.27. The summed E-state index contributed by atoms with van der Waals surface area (Å²) >= 11 is 3.34. The molecule has 7 nitrogen and oxygen atoms in total. The summed E-state index contributed by atoms with van der Waals surface area (Å²) in [6.07, 6.45) is 2.06. The smallest absolute Gasteiger partial charge is 0.259 e. The summed E-state index contributed by atoms with van der Waals surface area (Å²) in [7, 11) is 0. The molecule has 1 atom stereocenters. The number of halogens is 1. The van der Waals surface area contributed by atoms with Gasteiger partial charge in [-0.25, -0.2) is 4.98 Å². The van der Waals surface area contributed by atoms with Crippen LogP contribution in [-0.4, -0.2) is 51.6 Å². The maximum atomic E-state index is 12.4. The molecule has 1 saturated heterocycles. The van der Waals surface area contributed by atoms with E-state index in [4.69, 9.17) is 10.1 Å². The predicted molar refractivity (Wildman–Crippen MR) is 97.9 cm³/mol. The van der Waals surface area contributed by atoms with Crippen molar-refractivity contribution in [3.05, 3.63) is 44.6 Å². The molecule has 0 bridgehead atoms.